The molecule has 2 aromatic carbocycles. The molecule has 0 aliphatic carbocycles. The molecule has 1 amide bonds. The lowest BCUT2D eigenvalue weighted by Gasteiger charge is -2.13. The lowest BCUT2D eigenvalue weighted by atomic mass is 9.97. The number of carboxylic acids is 1. The summed E-state index contributed by atoms with van der Waals surface area (Å²) >= 11 is 0. The minimum Gasteiger partial charge on any atom is -0.497 e. The summed E-state index contributed by atoms with van der Waals surface area (Å²) in [7, 11) is 1.61. The molecule has 132 valence electrons. The van der Waals surface area contributed by atoms with E-state index >= 15 is 0 Å². The van der Waals surface area contributed by atoms with Gasteiger partial charge in [-0.25, -0.2) is 4.79 Å². The van der Waals surface area contributed by atoms with Crippen LogP contribution in [0, 0.1) is 0 Å². The lowest BCUT2D eigenvalue weighted by molar-refractivity contribution is -0.139. The minimum atomic E-state index is -1.05. The van der Waals surface area contributed by atoms with Gasteiger partial charge in [-0.2, -0.15) is 0 Å². The number of carbonyl (C=O) groups is 2. The minimum absolute atomic E-state index is 0.0531. The third-order valence-electron chi connectivity index (χ3n) is 3.66. The van der Waals surface area contributed by atoms with Crippen molar-refractivity contribution in [1.82, 2.24) is 0 Å². The van der Waals surface area contributed by atoms with Gasteiger partial charge in [0.25, 0.3) is 0 Å². The molecule has 0 bridgehead atoms. The molecule has 0 fully saturated rings. The highest BCUT2D eigenvalue weighted by Gasteiger charge is 2.12. The van der Waals surface area contributed by atoms with Crippen LogP contribution in [0.3, 0.4) is 0 Å². The Hall–Kier alpha value is -3.02. The van der Waals surface area contributed by atoms with Crippen LogP contribution in [0.2, 0.25) is 0 Å². The fraction of sp³-hybridized carbons (Fsp3) is 0.263. The highest BCUT2D eigenvalue weighted by atomic mass is 16.5. The standard InChI is InChI=1S/C19H21NO5/c1-13(14-6-8-16(24-2)9-7-14)10-18(21)20-15-4-3-5-17(11-15)25-12-19(22)23/h3-9,11,13H,10,12H2,1-2H3,(H,20,21)(H,22,23). The predicted octanol–water partition coefficient (Wildman–Crippen LogP) is 3.29. The summed E-state index contributed by atoms with van der Waals surface area (Å²) in [5.74, 6) is 0.0424. The van der Waals surface area contributed by atoms with Crippen molar-refractivity contribution < 1.29 is 24.2 Å². The lowest BCUT2D eigenvalue weighted by Crippen LogP contribution is -2.14. The number of benzene rings is 2. The molecule has 0 aliphatic heterocycles. The average Bonchev–Trinajstić information content (AvgIpc) is 2.60. The second kappa shape index (κ2) is 8.73. The van der Waals surface area contributed by atoms with Crippen molar-refractivity contribution in [3.8, 4) is 11.5 Å². The molecule has 1 atom stereocenters. The number of hydrogen-bond donors (Lipinski definition) is 2. The summed E-state index contributed by atoms with van der Waals surface area (Å²) in [5, 5.41) is 11.4. The summed E-state index contributed by atoms with van der Waals surface area (Å²) in [6.07, 6.45) is 0.326. The first-order valence-corrected chi connectivity index (χ1v) is 7.86. The summed E-state index contributed by atoms with van der Waals surface area (Å²) in [6, 6.07) is 14.3. The fourth-order valence-corrected chi connectivity index (χ4v) is 2.35. The van der Waals surface area contributed by atoms with Gasteiger partial charge in [-0.05, 0) is 35.7 Å². The molecule has 6 heteroatoms. The number of nitrogens with one attached hydrogen (secondary N) is 1. The maximum absolute atomic E-state index is 12.2. The quantitative estimate of drug-likeness (QED) is 0.768. The number of carbonyl (C=O) groups excluding carboxylic acids is 1. The van der Waals surface area contributed by atoms with E-state index in [4.69, 9.17) is 14.6 Å². The summed E-state index contributed by atoms with van der Waals surface area (Å²) in [5.41, 5.74) is 1.62. The molecule has 0 aliphatic rings. The van der Waals surface area contributed by atoms with Crippen LogP contribution in [-0.2, 0) is 9.59 Å². The Labute approximate surface area is 146 Å². The van der Waals surface area contributed by atoms with Gasteiger partial charge in [-0.1, -0.05) is 25.1 Å². The van der Waals surface area contributed by atoms with Crippen molar-refractivity contribution in [2.24, 2.45) is 0 Å². The Kier molecular flexibility index (Phi) is 6.39. The van der Waals surface area contributed by atoms with Gasteiger partial charge >= 0.3 is 5.97 Å². The molecule has 2 rings (SSSR count). The zero-order valence-electron chi connectivity index (χ0n) is 14.2. The molecule has 0 spiro atoms. The van der Waals surface area contributed by atoms with E-state index in [-0.39, 0.29) is 11.8 Å². The molecule has 0 aromatic heterocycles. The zero-order valence-corrected chi connectivity index (χ0v) is 14.2. The summed E-state index contributed by atoms with van der Waals surface area (Å²) < 4.78 is 10.2. The molecule has 0 saturated carbocycles. The Morgan fingerprint density at radius 3 is 2.48 bits per heavy atom. The van der Waals surface area contributed by atoms with Gasteiger partial charge in [0.05, 0.1) is 7.11 Å². The van der Waals surface area contributed by atoms with E-state index in [0.29, 0.717) is 17.9 Å². The number of aliphatic carboxylic acids is 1. The van der Waals surface area contributed by atoms with Crippen LogP contribution < -0.4 is 14.8 Å². The van der Waals surface area contributed by atoms with Crippen LogP contribution in [-0.4, -0.2) is 30.7 Å². The number of carboxylic acid groups (broad SMARTS) is 1. The zero-order chi connectivity index (χ0) is 18.2. The van der Waals surface area contributed by atoms with Gasteiger partial charge in [-0.3, -0.25) is 4.79 Å². The molecule has 2 aromatic rings. The maximum Gasteiger partial charge on any atom is 0.341 e. The Morgan fingerprint density at radius 1 is 1.12 bits per heavy atom. The second-order valence-electron chi connectivity index (χ2n) is 5.64. The number of rotatable bonds is 8. The highest BCUT2D eigenvalue weighted by Crippen LogP contribution is 2.23. The maximum atomic E-state index is 12.2. The van der Waals surface area contributed by atoms with E-state index in [1.807, 2.05) is 31.2 Å². The number of anilines is 1. The fourth-order valence-electron chi connectivity index (χ4n) is 2.35. The van der Waals surface area contributed by atoms with Crippen LogP contribution in [0.5, 0.6) is 11.5 Å². The van der Waals surface area contributed by atoms with Crippen LogP contribution in [0.15, 0.2) is 48.5 Å². The Bertz CT molecular complexity index is 727. The first kappa shape index (κ1) is 18.3. The first-order valence-electron chi connectivity index (χ1n) is 7.86. The van der Waals surface area contributed by atoms with Gasteiger partial charge < -0.3 is 19.9 Å². The molecule has 0 heterocycles. The van der Waals surface area contributed by atoms with E-state index in [2.05, 4.69) is 5.32 Å². The summed E-state index contributed by atoms with van der Waals surface area (Å²) in [6.45, 7) is 1.56. The number of methoxy groups -OCH3 is 1. The monoisotopic (exact) mass is 343 g/mol. The van der Waals surface area contributed by atoms with Gasteiger partial charge in [0.15, 0.2) is 6.61 Å². The van der Waals surface area contributed by atoms with Gasteiger partial charge in [-0.15, -0.1) is 0 Å². The molecule has 6 nitrogen and oxygen atoms in total. The van der Waals surface area contributed by atoms with Crippen molar-refractivity contribution in [3.63, 3.8) is 0 Å². The average molecular weight is 343 g/mol. The predicted molar refractivity (Wildman–Crippen MR) is 94.2 cm³/mol. The molecular weight excluding hydrogens is 322 g/mol. The normalized spacial score (nSPS) is 11.4. The Morgan fingerprint density at radius 2 is 1.84 bits per heavy atom. The largest absolute Gasteiger partial charge is 0.497 e. The van der Waals surface area contributed by atoms with Crippen LogP contribution in [0.25, 0.3) is 0 Å². The van der Waals surface area contributed by atoms with E-state index in [1.54, 1.807) is 31.4 Å². The van der Waals surface area contributed by atoms with Crippen LogP contribution in [0.1, 0.15) is 24.8 Å². The molecule has 25 heavy (non-hydrogen) atoms. The van der Waals surface area contributed by atoms with Gasteiger partial charge in [0.1, 0.15) is 11.5 Å². The molecule has 1 unspecified atom stereocenters. The molecule has 2 N–H and O–H groups in total. The van der Waals surface area contributed by atoms with Gasteiger partial charge in [0.2, 0.25) is 5.91 Å². The number of hydrogen-bond acceptors (Lipinski definition) is 4. The molecule has 0 saturated heterocycles. The first-order chi connectivity index (χ1) is 12.0. The van der Waals surface area contributed by atoms with Crippen molar-refractivity contribution in [3.05, 3.63) is 54.1 Å². The summed E-state index contributed by atoms with van der Waals surface area (Å²) in [4.78, 5) is 22.8. The van der Waals surface area contributed by atoms with Crippen molar-refractivity contribution in [2.75, 3.05) is 19.0 Å². The van der Waals surface area contributed by atoms with E-state index in [0.717, 1.165) is 11.3 Å². The topological polar surface area (TPSA) is 84.9 Å². The van der Waals surface area contributed by atoms with Crippen molar-refractivity contribution >= 4 is 17.6 Å². The number of ether oxygens (including phenoxy) is 2. The smallest absolute Gasteiger partial charge is 0.341 e. The van der Waals surface area contributed by atoms with E-state index in [9.17, 15) is 9.59 Å². The van der Waals surface area contributed by atoms with Crippen molar-refractivity contribution in [1.29, 1.82) is 0 Å². The third kappa shape index (κ3) is 5.84. The second-order valence-corrected chi connectivity index (χ2v) is 5.64. The van der Waals surface area contributed by atoms with Crippen LogP contribution in [0.4, 0.5) is 5.69 Å². The van der Waals surface area contributed by atoms with Gasteiger partial charge in [0, 0.05) is 18.2 Å². The van der Waals surface area contributed by atoms with Crippen LogP contribution >= 0.6 is 0 Å². The third-order valence-corrected chi connectivity index (χ3v) is 3.66. The number of amides is 1. The van der Waals surface area contributed by atoms with E-state index in [1.165, 1.54) is 0 Å². The molecule has 0 radical (unpaired) electrons. The van der Waals surface area contributed by atoms with E-state index < -0.39 is 12.6 Å². The molecular formula is C19H21NO5. The van der Waals surface area contributed by atoms with Crippen molar-refractivity contribution in [2.45, 2.75) is 19.3 Å². The highest BCUT2D eigenvalue weighted by molar-refractivity contribution is 5.91. The SMILES string of the molecule is COc1ccc(C(C)CC(=O)Nc2cccc(OCC(=O)O)c2)cc1. The Balaban J connectivity index is 1.92.